The van der Waals surface area contributed by atoms with Gasteiger partial charge in [-0.2, -0.15) is 0 Å². The summed E-state index contributed by atoms with van der Waals surface area (Å²) in [5.74, 6) is -0.870. The third-order valence-corrected chi connectivity index (χ3v) is 3.87. The Balaban J connectivity index is 0.00000338. The zero-order chi connectivity index (χ0) is 18.2. The summed E-state index contributed by atoms with van der Waals surface area (Å²) in [4.78, 5) is 28.0. The van der Waals surface area contributed by atoms with Gasteiger partial charge in [0.25, 0.3) is 0 Å². The molecule has 3 N–H and O–H groups in total. The van der Waals surface area contributed by atoms with E-state index in [1.807, 2.05) is 41.1 Å². The number of benzene rings is 1. The predicted octanol–water partition coefficient (Wildman–Crippen LogP) is 1.71. The van der Waals surface area contributed by atoms with Gasteiger partial charge in [0.15, 0.2) is 0 Å². The van der Waals surface area contributed by atoms with Crippen LogP contribution in [0, 0.1) is 0 Å². The predicted molar refractivity (Wildman–Crippen MR) is 108 cm³/mol. The van der Waals surface area contributed by atoms with Gasteiger partial charge in [-0.25, -0.2) is 9.78 Å². The van der Waals surface area contributed by atoms with Gasteiger partial charge in [0.2, 0.25) is 5.91 Å². The number of esters is 1. The lowest BCUT2D eigenvalue weighted by molar-refractivity contribution is -0.145. The molecule has 1 aromatic heterocycles. The first-order valence-corrected chi connectivity index (χ1v) is 8.21. The van der Waals surface area contributed by atoms with Crippen LogP contribution in [0.15, 0.2) is 42.9 Å². The minimum atomic E-state index is -0.779. The molecule has 1 unspecified atom stereocenters. The number of amides is 1. The molecule has 0 radical (unpaired) electrons. The second kappa shape index (κ2) is 12.3. The van der Waals surface area contributed by atoms with E-state index in [4.69, 9.17) is 5.73 Å². The molecule has 150 valence electrons. The van der Waals surface area contributed by atoms with Crippen LogP contribution in [-0.4, -0.2) is 40.6 Å². The maximum absolute atomic E-state index is 12.2. The van der Waals surface area contributed by atoms with Crippen LogP contribution in [0.1, 0.15) is 24.6 Å². The van der Waals surface area contributed by atoms with Crippen molar-refractivity contribution < 1.29 is 14.3 Å². The minimum absolute atomic E-state index is 0. The Bertz CT molecular complexity index is 710. The average molecular weight is 417 g/mol. The van der Waals surface area contributed by atoms with Crippen LogP contribution >= 0.6 is 24.8 Å². The highest BCUT2D eigenvalue weighted by Crippen LogP contribution is 2.06. The highest BCUT2D eigenvalue weighted by atomic mass is 35.5. The van der Waals surface area contributed by atoms with Gasteiger partial charge in [0.05, 0.1) is 25.2 Å². The van der Waals surface area contributed by atoms with Gasteiger partial charge in [-0.15, -0.1) is 24.8 Å². The fraction of sp³-hybridized carbons (Fsp3) is 0.389. The van der Waals surface area contributed by atoms with Crippen molar-refractivity contribution in [3.63, 3.8) is 0 Å². The maximum Gasteiger partial charge on any atom is 0.328 e. The number of hydrogen-bond donors (Lipinski definition) is 2. The number of aromatic nitrogens is 2. The Morgan fingerprint density at radius 3 is 2.52 bits per heavy atom. The largest absolute Gasteiger partial charge is 0.467 e. The number of carbonyl (C=O) groups excluding carboxylic acids is 2. The molecule has 9 heteroatoms. The molecule has 1 amide bonds. The van der Waals surface area contributed by atoms with Crippen molar-refractivity contribution in [2.24, 2.45) is 5.73 Å². The molecule has 2 atom stereocenters. The summed E-state index contributed by atoms with van der Waals surface area (Å²) >= 11 is 0. The number of ether oxygens (including phenoxy) is 1. The lowest BCUT2D eigenvalue weighted by atomic mass is 10.1. The van der Waals surface area contributed by atoms with Gasteiger partial charge in [-0.05, 0) is 12.0 Å². The van der Waals surface area contributed by atoms with Gasteiger partial charge >= 0.3 is 5.97 Å². The van der Waals surface area contributed by atoms with Gasteiger partial charge in [0, 0.05) is 19.2 Å². The molecule has 0 bridgehead atoms. The summed E-state index contributed by atoms with van der Waals surface area (Å²) in [6, 6.07) is 8.56. The van der Waals surface area contributed by atoms with Crippen molar-refractivity contribution in [2.45, 2.75) is 38.4 Å². The summed E-state index contributed by atoms with van der Waals surface area (Å²) in [5, 5.41) is 2.61. The van der Waals surface area contributed by atoms with Gasteiger partial charge in [0.1, 0.15) is 6.04 Å². The third kappa shape index (κ3) is 7.58. The molecular formula is C18H26Cl2N4O3. The SMILES string of the molecule is CCC(NC(=O)[C@@H](N)Cc1cn(Cc2ccccc2)cn1)C(=O)OC.Cl.Cl. The number of rotatable bonds is 8. The molecule has 2 rings (SSSR count). The topological polar surface area (TPSA) is 99.2 Å². The molecule has 0 aliphatic rings. The molecule has 0 spiro atoms. The zero-order valence-electron chi connectivity index (χ0n) is 15.3. The van der Waals surface area contributed by atoms with Gasteiger partial charge < -0.3 is 20.4 Å². The van der Waals surface area contributed by atoms with Crippen LogP contribution in [0.3, 0.4) is 0 Å². The Kier molecular flexibility index (Phi) is 11.4. The average Bonchev–Trinajstić information content (AvgIpc) is 3.06. The molecule has 2 aromatic rings. The number of nitrogens with one attached hydrogen (secondary N) is 1. The Morgan fingerprint density at radius 1 is 1.26 bits per heavy atom. The lowest BCUT2D eigenvalue weighted by Crippen LogP contribution is -2.49. The van der Waals surface area contributed by atoms with Crippen LogP contribution < -0.4 is 11.1 Å². The molecule has 1 heterocycles. The fourth-order valence-electron chi connectivity index (χ4n) is 2.46. The van der Waals surface area contributed by atoms with E-state index in [0.717, 1.165) is 11.3 Å². The first-order valence-electron chi connectivity index (χ1n) is 8.21. The van der Waals surface area contributed by atoms with E-state index >= 15 is 0 Å². The molecule has 0 aliphatic carbocycles. The highest BCUT2D eigenvalue weighted by Gasteiger charge is 2.23. The number of nitrogens with two attached hydrogens (primary N) is 1. The Labute approximate surface area is 171 Å². The first-order chi connectivity index (χ1) is 12.0. The monoisotopic (exact) mass is 416 g/mol. The van der Waals surface area contributed by atoms with Crippen LogP contribution in [0.25, 0.3) is 0 Å². The molecule has 0 fully saturated rings. The zero-order valence-corrected chi connectivity index (χ0v) is 17.0. The van der Waals surface area contributed by atoms with E-state index in [9.17, 15) is 9.59 Å². The molecule has 7 nitrogen and oxygen atoms in total. The third-order valence-electron chi connectivity index (χ3n) is 3.87. The van der Waals surface area contributed by atoms with Crippen molar-refractivity contribution in [3.05, 3.63) is 54.1 Å². The van der Waals surface area contributed by atoms with E-state index in [0.29, 0.717) is 19.4 Å². The number of nitrogens with zero attached hydrogens (tertiary/aromatic N) is 2. The molecule has 1 aromatic carbocycles. The van der Waals surface area contributed by atoms with Crippen molar-refractivity contribution in [1.82, 2.24) is 14.9 Å². The van der Waals surface area contributed by atoms with Crippen molar-refractivity contribution in [1.29, 1.82) is 0 Å². The van der Waals surface area contributed by atoms with Crippen LogP contribution in [0.2, 0.25) is 0 Å². The first kappa shape index (κ1) is 24.9. The maximum atomic E-state index is 12.2. The number of hydrogen-bond acceptors (Lipinski definition) is 5. The van der Waals surface area contributed by atoms with Crippen LogP contribution in [0.4, 0.5) is 0 Å². The number of methoxy groups -OCH3 is 1. The summed E-state index contributed by atoms with van der Waals surface area (Å²) in [6.45, 7) is 2.49. The van der Waals surface area contributed by atoms with Crippen molar-refractivity contribution in [2.75, 3.05) is 7.11 Å². The Hall–Kier alpha value is -2.09. The number of carbonyl (C=O) groups is 2. The van der Waals surface area contributed by atoms with E-state index in [-0.39, 0.29) is 24.8 Å². The summed E-state index contributed by atoms with van der Waals surface area (Å²) in [6.07, 6.45) is 4.33. The van der Waals surface area contributed by atoms with E-state index < -0.39 is 24.0 Å². The van der Waals surface area contributed by atoms with E-state index in [1.54, 1.807) is 13.3 Å². The lowest BCUT2D eigenvalue weighted by Gasteiger charge is -2.17. The highest BCUT2D eigenvalue weighted by molar-refractivity contribution is 5.87. The van der Waals surface area contributed by atoms with Gasteiger partial charge in [-0.1, -0.05) is 37.3 Å². The molecule has 0 aliphatic heterocycles. The molecule has 0 saturated heterocycles. The van der Waals surface area contributed by atoms with Crippen molar-refractivity contribution in [3.8, 4) is 0 Å². The normalized spacial score (nSPS) is 12.1. The van der Waals surface area contributed by atoms with E-state index in [2.05, 4.69) is 15.0 Å². The quantitative estimate of drug-likeness (QED) is 0.638. The standard InChI is InChI=1S/C18H24N4O3.2ClH/c1-3-16(18(24)25-2)21-17(23)15(19)9-14-11-22(12-20-14)10-13-7-5-4-6-8-13;;/h4-8,11-12,15-16H,3,9-10,19H2,1-2H3,(H,21,23);2*1H/t15-,16?;;/m0../s1. The molecule has 27 heavy (non-hydrogen) atoms. The van der Waals surface area contributed by atoms with Crippen LogP contribution in [-0.2, 0) is 27.3 Å². The van der Waals surface area contributed by atoms with E-state index in [1.165, 1.54) is 7.11 Å². The summed E-state index contributed by atoms with van der Waals surface area (Å²) in [5.41, 5.74) is 7.83. The second-order valence-electron chi connectivity index (χ2n) is 5.83. The number of imidazole rings is 1. The minimum Gasteiger partial charge on any atom is -0.467 e. The fourth-order valence-corrected chi connectivity index (χ4v) is 2.46. The molecule has 0 saturated carbocycles. The van der Waals surface area contributed by atoms with Crippen LogP contribution in [0.5, 0.6) is 0 Å². The summed E-state index contributed by atoms with van der Waals surface area (Å²) < 4.78 is 6.59. The molecular weight excluding hydrogens is 391 g/mol. The van der Waals surface area contributed by atoms with Crippen molar-refractivity contribution >= 4 is 36.7 Å². The summed E-state index contributed by atoms with van der Waals surface area (Å²) in [7, 11) is 1.29. The smallest absolute Gasteiger partial charge is 0.328 e. The second-order valence-corrected chi connectivity index (χ2v) is 5.83. The van der Waals surface area contributed by atoms with Gasteiger partial charge in [-0.3, -0.25) is 4.79 Å². The number of halogens is 2. The Morgan fingerprint density at radius 2 is 1.93 bits per heavy atom.